The molecule has 3 atom stereocenters. The number of aliphatic hydroxyl groups is 1. The van der Waals surface area contributed by atoms with Gasteiger partial charge in [0.1, 0.15) is 5.69 Å². The summed E-state index contributed by atoms with van der Waals surface area (Å²) in [4.78, 5) is 36.6. The number of nitrogens with one attached hydrogen (secondary N) is 2. The van der Waals surface area contributed by atoms with E-state index in [1.807, 2.05) is 0 Å². The Kier molecular flexibility index (Phi) is 9.18. The van der Waals surface area contributed by atoms with E-state index in [9.17, 15) is 14.7 Å². The van der Waals surface area contributed by atoms with Crippen LogP contribution in [0.5, 0.6) is 0 Å². The summed E-state index contributed by atoms with van der Waals surface area (Å²) in [5.74, 6) is -0.568. The van der Waals surface area contributed by atoms with Crippen molar-refractivity contribution in [2.45, 2.75) is 44.4 Å². The van der Waals surface area contributed by atoms with E-state index in [4.69, 9.17) is 9.90 Å². The van der Waals surface area contributed by atoms with Crippen molar-refractivity contribution < 1.29 is 24.6 Å². The molecule has 0 aliphatic heterocycles. The van der Waals surface area contributed by atoms with E-state index in [2.05, 4.69) is 25.9 Å². The number of hydrogen-bond acceptors (Lipinski definition) is 8. The molecule has 1 fully saturated rings. The summed E-state index contributed by atoms with van der Waals surface area (Å²) in [7, 11) is 0. The second kappa shape index (κ2) is 11.9. The molecule has 0 aromatic carbocycles. The Morgan fingerprint density at radius 3 is 2.79 bits per heavy atom. The molecular weight excluding hydrogens is 400 g/mol. The quantitative estimate of drug-likeness (QED) is 0.354. The molecule has 2 heterocycles. The average molecular weight is 424 g/mol. The molecule has 2 aromatic heterocycles. The largest absolute Gasteiger partial charge is 0.483 e. The van der Waals surface area contributed by atoms with Gasteiger partial charge in [-0.25, -0.2) is 4.98 Å². The molecular formula is C17H24N6O5S. The molecule has 158 valence electrons. The average Bonchev–Trinajstić information content (AvgIpc) is 3.41. The fourth-order valence-corrected chi connectivity index (χ4v) is 3.60. The Hall–Kier alpha value is -2.86. The number of amides is 2. The van der Waals surface area contributed by atoms with Gasteiger partial charge in [-0.15, -0.1) is 16.4 Å². The number of aliphatic hydroxyl groups excluding tert-OH is 1. The third-order valence-corrected chi connectivity index (χ3v) is 5.09. The topological polar surface area (TPSA) is 159 Å². The number of hydrogen-bond donors (Lipinski definition) is 4. The molecule has 3 rings (SSSR count). The highest BCUT2D eigenvalue weighted by Crippen LogP contribution is 2.25. The van der Waals surface area contributed by atoms with Crippen LogP contribution in [0.15, 0.2) is 23.3 Å². The molecule has 2 amide bonds. The van der Waals surface area contributed by atoms with E-state index in [1.165, 1.54) is 11.3 Å². The molecule has 0 unspecified atom stereocenters. The lowest BCUT2D eigenvalue weighted by molar-refractivity contribution is -0.127. The van der Waals surface area contributed by atoms with E-state index in [0.29, 0.717) is 38.0 Å². The van der Waals surface area contributed by atoms with Gasteiger partial charge < -0.3 is 20.8 Å². The normalized spacial score (nSPS) is 20.8. The van der Waals surface area contributed by atoms with Gasteiger partial charge in [0, 0.05) is 30.6 Å². The lowest BCUT2D eigenvalue weighted by Gasteiger charge is -2.32. The fraction of sp³-hybridized carbons (Fsp3) is 0.529. The van der Waals surface area contributed by atoms with Crippen molar-refractivity contribution in [1.82, 2.24) is 30.6 Å². The summed E-state index contributed by atoms with van der Waals surface area (Å²) >= 11 is 1.35. The molecule has 4 N–H and O–H groups in total. The predicted molar refractivity (Wildman–Crippen MR) is 103 cm³/mol. The molecule has 12 heteroatoms. The summed E-state index contributed by atoms with van der Waals surface area (Å²) in [5.41, 5.74) is 1.95. The first-order chi connectivity index (χ1) is 14.0. The first-order valence-electron chi connectivity index (χ1n) is 9.12. The minimum Gasteiger partial charge on any atom is -0.483 e. The lowest BCUT2D eigenvalue weighted by atomic mass is 9.83. The number of thiazole rings is 1. The Balaban J connectivity index is 0.000000941. The Labute approximate surface area is 171 Å². The van der Waals surface area contributed by atoms with E-state index in [0.717, 1.165) is 6.42 Å². The maximum atomic E-state index is 12.3. The smallest absolute Gasteiger partial charge is 0.290 e. The molecule has 1 aliphatic rings. The fourth-order valence-electron chi connectivity index (χ4n) is 3.07. The van der Waals surface area contributed by atoms with E-state index in [-0.39, 0.29) is 30.2 Å². The van der Waals surface area contributed by atoms with Gasteiger partial charge in [-0.05, 0) is 25.7 Å². The van der Waals surface area contributed by atoms with Crippen LogP contribution in [-0.4, -0.2) is 67.2 Å². The van der Waals surface area contributed by atoms with Crippen molar-refractivity contribution in [3.05, 3.63) is 29.0 Å². The summed E-state index contributed by atoms with van der Waals surface area (Å²) in [5, 5.41) is 32.2. The standard InChI is InChI=1S/C16H22N6O3S.CH2O2/c23-14-8-11(15(24)17-4-1-6-22-7-5-19-21-22)2-3-12(14)20-16(25)13-9-26-10-18-13;2-1-3/h5,7,9-12,14,23H,1-4,6,8H2,(H,17,24)(H,20,25);1H,(H,2,3)/t11-,12-,14-;/m0./s1. The number of nitrogens with zero attached hydrogens (tertiary/aromatic N) is 4. The third kappa shape index (κ3) is 7.23. The van der Waals surface area contributed by atoms with Crippen LogP contribution in [0.4, 0.5) is 0 Å². The SMILES string of the molecule is O=C(N[C@H]1CC[C@H](C(=O)NCCCn2ccnn2)C[C@@H]1O)c1cscn1.O=CO. The molecule has 0 saturated heterocycles. The monoisotopic (exact) mass is 424 g/mol. The van der Waals surface area contributed by atoms with Crippen LogP contribution in [0.1, 0.15) is 36.2 Å². The summed E-state index contributed by atoms with van der Waals surface area (Å²) in [6.07, 6.45) is 4.96. The van der Waals surface area contributed by atoms with Crippen LogP contribution < -0.4 is 10.6 Å². The zero-order chi connectivity index (χ0) is 21.1. The Morgan fingerprint density at radius 1 is 1.38 bits per heavy atom. The van der Waals surface area contributed by atoms with Crippen molar-refractivity contribution in [1.29, 1.82) is 0 Å². The number of aryl methyl sites for hydroxylation is 1. The predicted octanol–water partition coefficient (Wildman–Crippen LogP) is -0.0987. The van der Waals surface area contributed by atoms with E-state index < -0.39 is 6.10 Å². The van der Waals surface area contributed by atoms with Gasteiger partial charge in [-0.3, -0.25) is 19.1 Å². The van der Waals surface area contributed by atoms with Gasteiger partial charge in [0.05, 0.1) is 23.9 Å². The first-order valence-corrected chi connectivity index (χ1v) is 10.1. The number of rotatable bonds is 7. The molecule has 0 radical (unpaired) electrons. The van der Waals surface area contributed by atoms with E-state index >= 15 is 0 Å². The zero-order valence-electron chi connectivity index (χ0n) is 15.7. The molecule has 1 saturated carbocycles. The first kappa shape index (κ1) is 22.4. The Morgan fingerprint density at radius 2 is 2.17 bits per heavy atom. The van der Waals surface area contributed by atoms with Gasteiger partial charge in [0.2, 0.25) is 5.91 Å². The molecule has 11 nitrogen and oxygen atoms in total. The van der Waals surface area contributed by atoms with Crippen LogP contribution in [0.3, 0.4) is 0 Å². The minimum atomic E-state index is -0.739. The maximum absolute atomic E-state index is 12.3. The maximum Gasteiger partial charge on any atom is 0.290 e. The van der Waals surface area contributed by atoms with Crippen molar-refractivity contribution in [2.24, 2.45) is 5.92 Å². The molecule has 29 heavy (non-hydrogen) atoms. The van der Waals surface area contributed by atoms with Gasteiger partial charge in [0.25, 0.3) is 12.4 Å². The third-order valence-electron chi connectivity index (χ3n) is 4.50. The lowest BCUT2D eigenvalue weighted by Crippen LogP contribution is -2.49. The van der Waals surface area contributed by atoms with Crippen LogP contribution in [0.25, 0.3) is 0 Å². The number of carbonyl (C=O) groups excluding carboxylic acids is 2. The van der Waals surface area contributed by atoms with Crippen LogP contribution in [-0.2, 0) is 16.1 Å². The van der Waals surface area contributed by atoms with Gasteiger partial charge in [-0.2, -0.15) is 0 Å². The van der Waals surface area contributed by atoms with Crippen LogP contribution in [0, 0.1) is 5.92 Å². The second-order valence-corrected chi connectivity index (χ2v) is 7.17. The summed E-state index contributed by atoms with van der Waals surface area (Å²) in [6, 6.07) is -0.347. The van der Waals surface area contributed by atoms with Gasteiger partial charge >= 0.3 is 0 Å². The molecule has 1 aliphatic carbocycles. The number of carboxylic acid groups (broad SMARTS) is 1. The zero-order valence-corrected chi connectivity index (χ0v) is 16.5. The molecule has 0 spiro atoms. The van der Waals surface area contributed by atoms with Crippen molar-refractivity contribution in [2.75, 3.05) is 6.54 Å². The van der Waals surface area contributed by atoms with Gasteiger partial charge in [-0.1, -0.05) is 5.21 Å². The summed E-state index contributed by atoms with van der Waals surface area (Å²) < 4.78 is 1.71. The van der Waals surface area contributed by atoms with Crippen molar-refractivity contribution in [3.63, 3.8) is 0 Å². The van der Waals surface area contributed by atoms with Crippen LogP contribution >= 0.6 is 11.3 Å². The highest BCUT2D eigenvalue weighted by atomic mass is 32.1. The van der Waals surface area contributed by atoms with E-state index in [1.54, 1.807) is 28.0 Å². The number of carbonyl (C=O) groups is 3. The van der Waals surface area contributed by atoms with Crippen LogP contribution in [0.2, 0.25) is 0 Å². The summed E-state index contributed by atoms with van der Waals surface area (Å²) in [6.45, 7) is 0.994. The highest BCUT2D eigenvalue weighted by Gasteiger charge is 2.33. The van der Waals surface area contributed by atoms with Crippen molar-refractivity contribution >= 4 is 29.6 Å². The number of aromatic nitrogens is 4. The minimum absolute atomic E-state index is 0.0491. The van der Waals surface area contributed by atoms with Crippen molar-refractivity contribution in [3.8, 4) is 0 Å². The Bertz CT molecular complexity index is 754. The second-order valence-electron chi connectivity index (χ2n) is 6.45. The molecule has 0 bridgehead atoms. The van der Waals surface area contributed by atoms with Gasteiger partial charge in [0.15, 0.2) is 0 Å². The molecule has 2 aromatic rings. The highest BCUT2D eigenvalue weighted by molar-refractivity contribution is 7.07.